The number of nitrogens with zero attached hydrogens (tertiary/aromatic N) is 2. The van der Waals surface area contributed by atoms with Gasteiger partial charge in [0.05, 0.1) is 11.2 Å². The standard InChI is InChI=1S/C22H31N3O6S/c1-16(2)18-4-3-5-19(14-18)17-6-10-25(11-7-17)32(30,31)15-22(20(26)23-29)8-12-24(13-9-22)21(27)28/h3-6,14,16,29H,7-13,15H2,1-2H3,(H,23,26)(H,27,28). The van der Waals surface area contributed by atoms with Crippen molar-refractivity contribution in [2.24, 2.45) is 5.41 Å². The highest BCUT2D eigenvalue weighted by Gasteiger charge is 2.47. The second-order valence-corrected chi connectivity index (χ2v) is 10.8. The minimum absolute atomic E-state index is 0.0296. The van der Waals surface area contributed by atoms with Crippen LogP contribution in [0.5, 0.6) is 0 Å². The van der Waals surface area contributed by atoms with Crippen molar-refractivity contribution in [3.63, 3.8) is 0 Å². The number of amides is 2. The van der Waals surface area contributed by atoms with Crippen LogP contribution < -0.4 is 5.48 Å². The lowest BCUT2D eigenvalue weighted by Gasteiger charge is -2.40. The van der Waals surface area contributed by atoms with E-state index < -0.39 is 33.2 Å². The first-order valence-electron chi connectivity index (χ1n) is 10.8. The van der Waals surface area contributed by atoms with Crippen LogP contribution >= 0.6 is 0 Å². The first-order valence-corrected chi connectivity index (χ1v) is 12.4. The molecule has 0 aliphatic carbocycles. The number of likely N-dealkylation sites (tertiary alicyclic amines) is 1. The molecule has 3 rings (SSSR count). The number of carboxylic acid groups (broad SMARTS) is 1. The molecule has 0 bridgehead atoms. The molecule has 1 fully saturated rings. The molecule has 3 N–H and O–H groups in total. The quantitative estimate of drug-likeness (QED) is 0.438. The average Bonchev–Trinajstić information content (AvgIpc) is 2.78. The van der Waals surface area contributed by atoms with E-state index in [0.717, 1.165) is 16.0 Å². The van der Waals surface area contributed by atoms with Crippen molar-refractivity contribution in [3.05, 3.63) is 41.5 Å². The molecule has 0 atom stereocenters. The fraction of sp³-hybridized carbons (Fsp3) is 0.545. The molecule has 2 heterocycles. The largest absolute Gasteiger partial charge is 0.465 e. The molecule has 1 saturated heterocycles. The molecule has 1 aromatic rings. The van der Waals surface area contributed by atoms with Crippen molar-refractivity contribution in [1.82, 2.24) is 14.7 Å². The fourth-order valence-electron chi connectivity index (χ4n) is 4.38. The number of sulfonamides is 1. The van der Waals surface area contributed by atoms with Crippen LogP contribution in [-0.2, 0) is 14.8 Å². The van der Waals surface area contributed by atoms with Gasteiger partial charge in [0.25, 0.3) is 5.91 Å². The molecule has 0 radical (unpaired) electrons. The average molecular weight is 466 g/mol. The summed E-state index contributed by atoms with van der Waals surface area (Å²) in [6, 6.07) is 8.25. The van der Waals surface area contributed by atoms with E-state index in [1.165, 1.54) is 9.87 Å². The predicted molar refractivity (Wildman–Crippen MR) is 120 cm³/mol. The van der Waals surface area contributed by atoms with Gasteiger partial charge in [-0.15, -0.1) is 0 Å². The highest BCUT2D eigenvalue weighted by atomic mass is 32.2. The zero-order valence-corrected chi connectivity index (χ0v) is 19.3. The summed E-state index contributed by atoms with van der Waals surface area (Å²) >= 11 is 0. The number of carbonyl (C=O) groups is 2. The Morgan fingerprint density at radius 2 is 1.88 bits per heavy atom. The lowest BCUT2D eigenvalue weighted by atomic mass is 9.79. The number of rotatable bonds is 6. The number of hydroxylamine groups is 1. The van der Waals surface area contributed by atoms with Crippen LogP contribution in [0.2, 0.25) is 0 Å². The number of hydrogen-bond donors (Lipinski definition) is 3. The molecule has 32 heavy (non-hydrogen) atoms. The second-order valence-electron chi connectivity index (χ2n) is 8.86. The van der Waals surface area contributed by atoms with Gasteiger partial charge in [-0.3, -0.25) is 10.0 Å². The third-order valence-electron chi connectivity index (χ3n) is 6.52. The Morgan fingerprint density at radius 3 is 2.41 bits per heavy atom. The van der Waals surface area contributed by atoms with Gasteiger partial charge in [-0.05, 0) is 41.9 Å². The van der Waals surface area contributed by atoms with Gasteiger partial charge >= 0.3 is 6.09 Å². The summed E-state index contributed by atoms with van der Waals surface area (Å²) in [5.74, 6) is -0.853. The minimum Gasteiger partial charge on any atom is -0.465 e. The summed E-state index contributed by atoms with van der Waals surface area (Å²) < 4.78 is 27.7. The van der Waals surface area contributed by atoms with Gasteiger partial charge in [-0.1, -0.05) is 44.2 Å². The van der Waals surface area contributed by atoms with E-state index in [-0.39, 0.29) is 32.5 Å². The molecule has 2 aliphatic heterocycles. The molecule has 0 spiro atoms. The van der Waals surface area contributed by atoms with E-state index in [9.17, 15) is 23.2 Å². The monoisotopic (exact) mass is 465 g/mol. The van der Waals surface area contributed by atoms with Gasteiger partial charge in [0.1, 0.15) is 0 Å². The van der Waals surface area contributed by atoms with Crippen LogP contribution in [0.15, 0.2) is 30.3 Å². The number of hydrogen-bond acceptors (Lipinski definition) is 5. The molecule has 2 amide bonds. The van der Waals surface area contributed by atoms with E-state index in [4.69, 9.17) is 5.11 Å². The summed E-state index contributed by atoms with van der Waals surface area (Å²) in [5.41, 5.74) is 3.63. The van der Waals surface area contributed by atoms with Crippen LogP contribution in [0.4, 0.5) is 4.79 Å². The van der Waals surface area contributed by atoms with Gasteiger partial charge < -0.3 is 10.0 Å². The van der Waals surface area contributed by atoms with Crippen molar-refractivity contribution in [3.8, 4) is 0 Å². The van der Waals surface area contributed by atoms with Crippen LogP contribution in [0.3, 0.4) is 0 Å². The van der Waals surface area contributed by atoms with E-state index in [1.54, 1.807) is 5.48 Å². The van der Waals surface area contributed by atoms with Crippen LogP contribution in [0, 0.1) is 5.41 Å². The predicted octanol–water partition coefficient (Wildman–Crippen LogP) is 2.49. The van der Waals surface area contributed by atoms with Crippen molar-refractivity contribution < 1.29 is 28.3 Å². The molecule has 0 aromatic heterocycles. The van der Waals surface area contributed by atoms with Crippen molar-refractivity contribution in [2.45, 2.75) is 39.0 Å². The van der Waals surface area contributed by atoms with Crippen LogP contribution in [0.1, 0.15) is 50.2 Å². The van der Waals surface area contributed by atoms with Crippen molar-refractivity contribution in [2.75, 3.05) is 31.9 Å². The molecule has 176 valence electrons. The van der Waals surface area contributed by atoms with Gasteiger partial charge in [-0.25, -0.2) is 18.7 Å². The molecule has 1 aromatic carbocycles. The Labute approximate surface area is 188 Å². The molecule has 9 nitrogen and oxygen atoms in total. The number of benzene rings is 1. The maximum atomic E-state index is 13.2. The van der Waals surface area contributed by atoms with E-state index in [1.807, 2.05) is 18.2 Å². The summed E-state index contributed by atoms with van der Waals surface area (Å²) in [6.07, 6.45) is 1.42. The van der Waals surface area contributed by atoms with Gasteiger partial charge in [0, 0.05) is 26.2 Å². The summed E-state index contributed by atoms with van der Waals surface area (Å²) in [6.45, 7) is 4.84. The minimum atomic E-state index is -3.81. The fourth-order valence-corrected chi connectivity index (χ4v) is 6.36. The lowest BCUT2D eigenvalue weighted by molar-refractivity contribution is -0.141. The molecule has 10 heteroatoms. The van der Waals surface area contributed by atoms with Gasteiger partial charge in [0.15, 0.2) is 0 Å². The van der Waals surface area contributed by atoms with Crippen LogP contribution in [0.25, 0.3) is 5.57 Å². The normalized spacial score (nSPS) is 19.5. The molecule has 0 unspecified atom stereocenters. The highest BCUT2D eigenvalue weighted by molar-refractivity contribution is 7.89. The zero-order chi connectivity index (χ0) is 23.5. The zero-order valence-electron chi connectivity index (χ0n) is 18.5. The first kappa shape index (κ1) is 24.2. The number of carbonyl (C=O) groups excluding carboxylic acids is 1. The second kappa shape index (κ2) is 9.60. The SMILES string of the molecule is CC(C)c1cccc(C2=CCN(S(=O)(=O)CC3(C(=O)NO)CCN(C(=O)O)CC3)CC2)c1. The smallest absolute Gasteiger partial charge is 0.407 e. The molecular formula is C22H31N3O6S. The van der Waals surface area contributed by atoms with Gasteiger partial charge in [0.2, 0.25) is 10.0 Å². The third-order valence-corrected chi connectivity index (χ3v) is 8.56. The van der Waals surface area contributed by atoms with Crippen molar-refractivity contribution in [1.29, 1.82) is 0 Å². The molecule has 2 aliphatic rings. The van der Waals surface area contributed by atoms with Crippen molar-refractivity contribution >= 4 is 27.6 Å². The third kappa shape index (κ3) is 5.13. The summed E-state index contributed by atoms with van der Waals surface area (Å²) in [4.78, 5) is 24.8. The maximum absolute atomic E-state index is 13.2. The topological polar surface area (TPSA) is 127 Å². The Morgan fingerprint density at radius 1 is 1.19 bits per heavy atom. The van der Waals surface area contributed by atoms with E-state index in [2.05, 4.69) is 26.0 Å². The lowest BCUT2D eigenvalue weighted by Crippen LogP contribution is -2.54. The van der Waals surface area contributed by atoms with E-state index in [0.29, 0.717) is 18.9 Å². The molecular weight excluding hydrogens is 434 g/mol. The summed E-state index contributed by atoms with van der Waals surface area (Å²) in [7, 11) is -3.81. The Hall–Kier alpha value is -2.43. The van der Waals surface area contributed by atoms with Crippen LogP contribution in [-0.4, -0.2) is 71.9 Å². The van der Waals surface area contributed by atoms with E-state index >= 15 is 0 Å². The Balaban J connectivity index is 1.74. The summed E-state index contributed by atoms with van der Waals surface area (Å²) in [5, 5.41) is 18.4. The Bertz CT molecular complexity index is 997. The maximum Gasteiger partial charge on any atom is 0.407 e. The number of piperidine rings is 1. The first-order chi connectivity index (χ1) is 15.1. The Kier molecular flexibility index (Phi) is 7.26. The molecule has 0 saturated carbocycles. The highest BCUT2D eigenvalue weighted by Crippen LogP contribution is 2.35. The number of nitrogens with one attached hydrogen (secondary N) is 1. The van der Waals surface area contributed by atoms with Gasteiger partial charge in [-0.2, -0.15) is 4.31 Å².